The van der Waals surface area contributed by atoms with E-state index >= 15 is 0 Å². The fourth-order valence-electron chi connectivity index (χ4n) is 3.29. The molecule has 0 aliphatic rings. The molecule has 0 saturated carbocycles. The second-order valence-corrected chi connectivity index (χ2v) is 9.09. The predicted octanol–water partition coefficient (Wildman–Crippen LogP) is 4.13. The van der Waals surface area contributed by atoms with Crippen molar-refractivity contribution in [1.82, 2.24) is 0 Å². The van der Waals surface area contributed by atoms with E-state index in [4.69, 9.17) is 0 Å². The van der Waals surface area contributed by atoms with Gasteiger partial charge in [0, 0.05) is 0 Å². The van der Waals surface area contributed by atoms with E-state index < -0.39 is 10.1 Å². The van der Waals surface area contributed by atoms with Crippen molar-refractivity contribution in [2.75, 3.05) is 5.75 Å². The monoisotopic (exact) mass is 410 g/mol. The van der Waals surface area contributed by atoms with Gasteiger partial charge < -0.3 is 4.55 Å². The minimum Gasteiger partial charge on any atom is -0.748 e. The van der Waals surface area contributed by atoms with Gasteiger partial charge in [-0.1, -0.05) is 122 Å². The van der Waals surface area contributed by atoms with Crippen molar-refractivity contribution in [1.29, 1.82) is 0 Å². The topological polar surface area (TPSA) is 57.2 Å². The summed E-state index contributed by atoms with van der Waals surface area (Å²) in [6.07, 6.45) is 27.3. The fraction of sp³-hybridized carbons (Fsp3) is 0.909. The molecule has 0 heterocycles. The second kappa shape index (κ2) is 22.9. The number of hydrogen-bond donors (Lipinski definition) is 0. The molecule has 0 spiro atoms. The third kappa shape index (κ3) is 29.0. The molecule has 0 radical (unpaired) electrons. The van der Waals surface area contributed by atoms with E-state index in [1.54, 1.807) is 0 Å². The summed E-state index contributed by atoms with van der Waals surface area (Å²) in [5.74, 6) is -0.369. The first-order chi connectivity index (χ1) is 12.6. The van der Waals surface area contributed by atoms with E-state index in [2.05, 4.69) is 6.92 Å². The molecular formula is C22H43NaO3S. The van der Waals surface area contributed by atoms with Gasteiger partial charge in [-0.05, 0) is 12.8 Å². The van der Waals surface area contributed by atoms with Crippen molar-refractivity contribution >= 4 is 10.1 Å². The van der Waals surface area contributed by atoms with Crippen molar-refractivity contribution in [3.8, 4) is 0 Å². The molecule has 0 aromatic carbocycles. The van der Waals surface area contributed by atoms with E-state index in [1.807, 2.05) is 6.08 Å². The Kier molecular flexibility index (Phi) is 25.4. The Hall–Kier alpha value is 0.650. The minimum absolute atomic E-state index is 0. The summed E-state index contributed by atoms with van der Waals surface area (Å²) >= 11 is 0. The maximum absolute atomic E-state index is 10.4. The van der Waals surface area contributed by atoms with Gasteiger partial charge in [-0.2, -0.15) is 0 Å². The average Bonchev–Trinajstić information content (AvgIpc) is 2.59. The molecule has 0 unspecified atom stereocenters. The van der Waals surface area contributed by atoms with Crippen molar-refractivity contribution in [2.45, 2.75) is 122 Å². The zero-order valence-corrected chi connectivity index (χ0v) is 21.0. The molecule has 0 fully saturated rings. The predicted molar refractivity (Wildman–Crippen MR) is 112 cm³/mol. The van der Waals surface area contributed by atoms with E-state index in [0.29, 0.717) is 0 Å². The van der Waals surface area contributed by atoms with E-state index in [-0.39, 0.29) is 35.3 Å². The SMILES string of the molecule is CCCCCCCCCCCCCCCCCCCC=CCS(=O)(=O)[O-].[Na+]. The van der Waals surface area contributed by atoms with E-state index in [0.717, 1.165) is 12.8 Å². The molecule has 0 amide bonds. The quantitative estimate of drug-likeness (QED) is 0.131. The normalized spacial score (nSPS) is 11.8. The van der Waals surface area contributed by atoms with Crippen LogP contribution < -0.4 is 29.6 Å². The molecule has 0 saturated heterocycles. The molecule has 0 rings (SSSR count). The number of rotatable bonds is 20. The van der Waals surface area contributed by atoms with Crippen LogP contribution in [0.2, 0.25) is 0 Å². The van der Waals surface area contributed by atoms with Gasteiger partial charge in [-0.3, -0.25) is 0 Å². The first kappa shape index (κ1) is 29.8. The molecule has 156 valence electrons. The van der Waals surface area contributed by atoms with Crippen LogP contribution in [-0.2, 0) is 10.1 Å². The van der Waals surface area contributed by atoms with Gasteiger partial charge >= 0.3 is 29.6 Å². The molecule has 0 aromatic rings. The van der Waals surface area contributed by atoms with Crippen LogP contribution in [0.15, 0.2) is 12.2 Å². The number of unbranched alkanes of at least 4 members (excludes halogenated alkanes) is 17. The van der Waals surface area contributed by atoms with Crippen LogP contribution >= 0.6 is 0 Å². The molecule has 0 atom stereocenters. The van der Waals surface area contributed by atoms with Crippen LogP contribution in [0.3, 0.4) is 0 Å². The van der Waals surface area contributed by atoms with Crippen molar-refractivity contribution < 1.29 is 42.5 Å². The van der Waals surface area contributed by atoms with E-state index in [1.165, 1.54) is 109 Å². The molecular weight excluding hydrogens is 367 g/mol. The molecule has 0 bridgehead atoms. The largest absolute Gasteiger partial charge is 1.00 e. The van der Waals surface area contributed by atoms with Crippen molar-refractivity contribution in [3.63, 3.8) is 0 Å². The number of allylic oxidation sites excluding steroid dienone is 1. The zero-order chi connectivity index (χ0) is 19.3. The van der Waals surface area contributed by atoms with E-state index in [9.17, 15) is 13.0 Å². The Morgan fingerprint density at radius 2 is 0.926 bits per heavy atom. The Morgan fingerprint density at radius 1 is 0.593 bits per heavy atom. The Morgan fingerprint density at radius 3 is 1.26 bits per heavy atom. The van der Waals surface area contributed by atoms with Gasteiger partial charge in [-0.15, -0.1) is 0 Å². The van der Waals surface area contributed by atoms with Gasteiger partial charge in [0.2, 0.25) is 0 Å². The smallest absolute Gasteiger partial charge is 0.748 e. The third-order valence-corrected chi connectivity index (χ3v) is 5.54. The third-order valence-electron chi connectivity index (χ3n) is 4.94. The summed E-state index contributed by atoms with van der Waals surface area (Å²) in [7, 11) is -4.08. The van der Waals surface area contributed by atoms with Gasteiger partial charge in [0.1, 0.15) is 0 Å². The molecule has 0 aliphatic carbocycles. The summed E-state index contributed by atoms with van der Waals surface area (Å²) in [6.45, 7) is 2.27. The van der Waals surface area contributed by atoms with Crippen LogP contribution in [-0.4, -0.2) is 18.7 Å². The van der Waals surface area contributed by atoms with Gasteiger partial charge in [0.15, 0.2) is 0 Å². The molecule has 5 heteroatoms. The van der Waals surface area contributed by atoms with Crippen molar-refractivity contribution in [3.05, 3.63) is 12.2 Å². The molecule has 0 N–H and O–H groups in total. The van der Waals surface area contributed by atoms with Crippen LogP contribution in [0.5, 0.6) is 0 Å². The Balaban J connectivity index is 0. The fourth-order valence-corrected chi connectivity index (χ4v) is 3.66. The molecule has 3 nitrogen and oxygen atoms in total. The summed E-state index contributed by atoms with van der Waals surface area (Å²) in [5.41, 5.74) is 0. The van der Waals surface area contributed by atoms with Crippen molar-refractivity contribution in [2.24, 2.45) is 0 Å². The van der Waals surface area contributed by atoms with Crippen LogP contribution in [0, 0.1) is 0 Å². The summed E-state index contributed by atoms with van der Waals surface area (Å²) < 4.78 is 31.2. The zero-order valence-electron chi connectivity index (χ0n) is 18.2. The van der Waals surface area contributed by atoms with Gasteiger partial charge in [0.25, 0.3) is 0 Å². The Bertz CT molecular complexity index is 408. The molecule has 0 aliphatic heterocycles. The summed E-state index contributed by atoms with van der Waals surface area (Å²) in [6, 6.07) is 0. The van der Waals surface area contributed by atoms with Gasteiger partial charge in [-0.25, -0.2) is 8.42 Å². The Labute approximate surface area is 192 Å². The van der Waals surface area contributed by atoms with Gasteiger partial charge in [0.05, 0.1) is 15.9 Å². The van der Waals surface area contributed by atoms with Crippen LogP contribution in [0.25, 0.3) is 0 Å². The summed E-state index contributed by atoms with van der Waals surface area (Å²) in [4.78, 5) is 0. The second-order valence-electron chi connectivity index (χ2n) is 7.64. The molecule has 27 heavy (non-hydrogen) atoms. The number of hydrogen-bond acceptors (Lipinski definition) is 3. The van der Waals surface area contributed by atoms with Crippen LogP contribution in [0.4, 0.5) is 0 Å². The maximum Gasteiger partial charge on any atom is 1.00 e. The standard InChI is InChI=1S/C22H44O3S.Na/c1-2-3-4-5-6-7-8-9-10-11-12-13-14-15-16-17-18-19-20-21-22-26(23,24)25;/h20-21H,2-19,22H2,1H3,(H,23,24,25);/q;+1/p-1. The minimum atomic E-state index is -4.08. The maximum atomic E-state index is 10.4. The first-order valence-corrected chi connectivity index (χ1v) is 12.7. The molecule has 0 aromatic heterocycles. The van der Waals surface area contributed by atoms with Crippen LogP contribution in [0.1, 0.15) is 122 Å². The first-order valence-electron chi connectivity index (χ1n) is 11.1. The summed E-state index contributed by atoms with van der Waals surface area (Å²) in [5, 5.41) is 0. The average molecular weight is 411 g/mol.